The standard InChI is InChI=1S/C20H18ClN5O4/c1-2-30-13-9-7-12(8-10-13)26-19(28)17-18(20(26)29)25(24-23-17)11-16(27)22-15-6-4-3-5-14(15)21/h3-10,17-18H,2,11H2,1H3,(H,22,27)/t17-,18+/m0/s1. The van der Waals surface area contributed by atoms with Crippen molar-refractivity contribution in [2.45, 2.75) is 19.0 Å². The van der Waals surface area contributed by atoms with Crippen LogP contribution in [0.5, 0.6) is 5.75 Å². The molecule has 0 unspecified atom stereocenters. The lowest BCUT2D eigenvalue weighted by Gasteiger charge is -2.20. The van der Waals surface area contributed by atoms with Gasteiger partial charge < -0.3 is 10.1 Å². The maximum atomic E-state index is 13.0. The van der Waals surface area contributed by atoms with E-state index in [0.717, 1.165) is 4.90 Å². The van der Waals surface area contributed by atoms with Crippen molar-refractivity contribution in [3.05, 3.63) is 53.6 Å². The van der Waals surface area contributed by atoms with E-state index in [4.69, 9.17) is 16.3 Å². The number of amides is 3. The van der Waals surface area contributed by atoms with Crippen molar-refractivity contribution in [2.24, 2.45) is 10.3 Å². The first-order chi connectivity index (χ1) is 14.5. The lowest BCUT2D eigenvalue weighted by Crippen LogP contribution is -2.43. The summed E-state index contributed by atoms with van der Waals surface area (Å²) in [4.78, 5) is 39.2. The van der Waals surface area contributed by atoms with E-state index in [9.17, 15) is 14.4 Å². The Labute approximate surface area is 177 Å². The summed E-state index contributed by atoms with van der Waals surface area (Å²) in [6, 6.07) is 11.5. The van der Waals surface area contributed by atoms with Crippen molar-refractivity contribution in [3.8, 4) is 5.75 Å². The number of rotatable bonds is 6. The number of nitrogens with zero attached hydrogens (tertiary/aromatic N) is 4. The van der Waals surface area contributed by atoms with Gasteiger partial charge in [0.25, 0.3) is 11.8 Å². The number of hydrogen-bond donors (Lipinski definition) is 1. The van der Waals surface area contributed by atoms with Gasteiger partial charge in [0.2, 0.25) is 5.91 Å². The number of halogens is 1. The molecule has 0 bridgehead atoms. The molecule has 9 nitrogen and oxygen atoms in total. The highest BCUT2D eigenvalue weighted by Gasteiger charge is 2.55. The van der Waals surface area contributed by atoms with E-state index >= 15 is 0 Å². The second kappa shape index (κ2) is 8.11. The molecule has 2 aromatic carbocycles. The molecular formula is C20H18ClN5O4. The second-order valence-corrected chi connectivity index (χ2v) is 7.07. The van der Waals surface area contributed by atoms with Gasteiger partial charge in [-0.05, 0) is 43.3 Å². The molecule has 1 saturated heterocycles. The van der Waals surface area contributed by atoms with Crippen molar-refractivity contribution >= 4 is 40.7 Å². The number of hydrogen-bond acceptors (Lipinski definition) is 7. The summed E-state index contributed by atoms with van der Waals surface area (Å²) in [6.07, 6.45) is 0. The van der Waals surface area contributed by atoms with E-state index < -0.39 is 29.8 Å². The molecule has 0 radical (unpaired) electrons. The number of carbonyl (C=O) groups excluding carboxylic acids is 3. The Balaban J connectivity index is 1.47. The van der Waals surface area contributed by atoms with Crippen molar-refractivity contribution in [2.75, 3.05) is 23.4 Å². The van der Waals surface area contributed by atoms with Crippen LogP contribution in [0.3, 0.4) is 0 Å². The smallest absolute Gasteiger partial charge is 0.263 e. The van der Waals surface area contributed by atoms with Gasteiger partial charge in [-0.3, -0.25) is 19.4 Å². The largest absolute Gasteiger partial charge is 0.494 e. The van der Waals surface area contributed by atoms with Crippen LogP contribution in [0, 0.1) is 0 Å². The number of benzene rings is 2. The summed E-state index contributed by atoms with van der Waals surface area (Å²) >= 11 is 6.05. The summed E-state index contributed by atoms with van der Waals surface area (Å²) in [5, 5.41) is 12.1. The molecule has 3 amide bonds. The van der Waals surface area contributed by atoms with Crippen molar-refractivity contribution in [3.63, 3.8) is 0 Å². The van der Waals surface area contributed by atoms with Gasteiger partial charge in [-0.1, -0.05) is 29.0 Å². The van der Waals surface area contributed by atoms with E-state index in [1.165, 1.54) is 5.01 Å². The highest BCUT2D eigenvalue weighted by atomic mass is 35.5. The van der Waals surface area contributed by atoms with Crippen molar-refractivity contribution in [1.29, 1.82) is 0 Å². The fourth-order valence-corrected chi connectivity index (χ4v) is 3.55. The van der Waals surface area contributed by atoms with Crippen LogP contribution in [-0.4, -0.2) is 48.0 Å². The quantitative estimate of drug-likeness (QED) is 0.714. The Bertz CT molecular complexity index is 1030. The third kappa shape index (κ3) is 3.59. The first-order valence-corrected chi connectivity index (χ1v) is 9.70. The molecule has 2 atom stereocenters. The Hall–Kier alpha value is -3.46. The van der Waals surface area contributed by atoms with E-state index in [1.807, 2.05) is 6.92 Å². The summed E-state index contributed by atoms with van der Waals surface area (Å²) < 4.78 is 5.39. The maximum absolute atomic E-state index is 13.0. The van der Waals surface area contributed by atoms with Crippen LogP contribution in [0.25, 0.3) is 0 Å². The average molecular weight is 428 g/mol. The Kier molecular flexibility index (Phi) is 5.37. The van der Waals surface area contributed by atoms with Crippen LogP contribution in [-0.2, 0) is 14.4 Å². The highest BCUT2D eigenvalue weighted by Crippen LogP contribution is 2.32. The molecule has 1 N–H and O–H groups in total. The van der Waals surface area contributed by atoms with Gasteiger partial charge in [-0.25, -0.2) is 4.90 Å². The molecule has 0 saturated carbocycles. The highest BCUT2D eigenvalue weighted by molar-refractivity contribution is 6.33. The van der Waals surface area contributed by atoms with E-state index in [1.54, 1.807) is 48.5 Å². The fourth-order valence-electron chi connectivity index (χ4n) is 3.37. The predicted octanol–water partition coefficient (Wildman–Crippen LogP) is 2.67. The number of anilines is 2. The molecule has 1 fully saturated rings. The molecule has 10 heteroatoms. The van der Waals surface area contributed by atoms with Gasteiger partial charge in [-0.15, -0.1) is 0 Å². The number of fused-ring (bicyclic) bond motifs is 1. The maximum Gasteiger partial charge on any atom is 0.263 e. The van der Waals surface area contributed by atoms with Crippen LogP contribution in [0.1, 0.15) is 6.92 Å². The van der Waals surface area contributed by atoms with Crippen LogP contribution in [0.4, 0.5) is 11.4 Å². The normalized spacial score (nSPS) is 19.9. The van der Waals surface area contributed by atoms with Gasteiger partial charge in [0.05, 0.1) is 23.0 Å². The molecule has 30 heavy (non-hydrogen) atoms. The molecule has 0 spiro atoms. The van der Waals surface area contributed by atoms with Crippen molar-refractivity contribution < 1.29 is 19.1 Å². The minimum atomic E-state index is -0.975. The number of ether oxygens (including phenoxy) is 1. The zero-order valence-electron chi connectivity index (χ0n) is 16.0. The van der Waals surface area contributed by atoms with Crippen LogP contribution in [0.15, 0.2) is 58.9 Å². The second-order valence-electron chi connectivity index (χ2n) is 6.66. The SMILES string of the molecule is CCOc1ccc(N2C(=O)[C@H]3N=NN(CC(=O)Nc4ccccc4Cl)[C@H]3C2=O)cc1. The van der Waals surface area contributed by atoms with Gasteiger partial charge in [0.1, 0.15) is 12.3 Å². The number of imide groups is 1. The third-order valence-corrected chi connectivity index (χ3v) is 5.05. The molecule has 154 valence electrons. The summed E-state index contributed by atoms with van der Waals surface area (Å²) in [6.45, 7) is 2.13. The number of para-hydroxylation sites is 1. The molecule has 2 aromatic rings. The first kappa shape index (κ1) is 19.8. The summed E-state index contributed by atoms with van der Waals surface area (Å²) in [5.74, 6) is -0.753. The molecule has 2 aliphatic rings. The molecular weight excluding hydrogens is 410 g/mol. The topological polar surface area (TPSA) is 104 Å². The lowest BCUT2D eigenvalue weighted by atomic mass is 10.1. The van der Waals surface area contributed by atoms with E-state index in [0.29, 0.717) is 28.8 Å². The van der Waals surface area contributed by atoms with Crippen LogP contribution < -0.4 is 15.0 Å². The fraction of sp³-hybridized carbons (Fsp3) is 0.250. The monoisotopic (exact) mass is 427 g/mol. The van der Waals surface area contributed by atoms with E-state index in [-0.39, 0.29) is 6.54 Å². The Morgan fingerprint density at radius 2 is 1.87 bits per heavy atom. The van der Waals surface area contributed by atoms with Gasteiger partial charge in [0, 0.05) is 0 Å². The van der Waals surface area contributed by atoms with E-state index in [2.05, 4.69) is 15.7 Å². The minimum absolute atomic E-state index is 0.244. The Morgan fingerprint density at radius 3 is 2.57 bits per heavy atom. The molecule has 0 aliphatic carbocycles. The van der Waals surface area contributed by atoms with Gasteiger partial charge in [-0.2, -0.15) is 5.11 Å². The predicted molar refractivity (Wildman–Crippen MR) is 109 cm³/mol. The Morgan fingerprint density at radius 1 is 1.13 bits per heavy atom. The minimum Gasteiger partial charge on any atom is -0.494 e. The van der Waals surface area contributed by atoms with Crippen LogP contribution >= 0.6 is 11.6 Å². The molecule has 2 aliphatic heterocycles. The molecule has 4 rings (SSSR count). The van der Waals surface area contributed by atoms with Gasteiger partial charge >= 0.3 is 0 Å². The number of carbonyl (C=O) groups is 3. The third-order valence-electron chi connectivity index (χ3n) is 4.72. The zero-order valence-corrected chi connectivity index (χ0v) is 16.7. The summed E-state index contributed by atoms with van der Waals surface area (Å²) in [5.41, 5.74) is 0.861. The number of nitrogens with one attached hydrogen (secondary N) is 1. The molecule has 0 aromatic heterocycles. The molecule has 2 heterocycles. The van der Waals surface area contributed by atoms with Crippen molar-refractivity contribution in [1.82, 2.24) is 5.01 Å². The zero-order chi connectivity index (χ0) is 21.3. The van der Waals surface area contributed by atoms with Gasteiger partial charge in [0.15, 0.2) is 12.1 Å². The average Bonchev–Trinajstić information content (AvgIpc) is 3.24. The summed E-state index contributed by atoms with van der Waals surface area (Å²) in [7, 11) is 0. The lowest BCUT2D eigenvalue weighted by molar-refractivity contribution is -0.123. The van der Waals surface area contributed by atoms with Crippen LogP contribution in [0.2, 0.25) is 5.02 Å². The first-order valence-electron chi connectivity index (χ1n) is 9.32.